The number of hydrogen-bond acceptors (Lipinski definition) is 4. The Bertz CT molecular complexity index is 324. The summed E-state index contributed by atoms with van der Waals surface area (Å²) < 4.78 is 11.0. The molecule has 1 aromatic heterocycles. The van der Waals surface area contributed by atoms with E-state index in [2.05, 4.69) is 11.8 Å². The zero-order valence-electron chi connectivity index (χ0n) is 9.69. The van der Waals surface area contributed by atoms with E-state index in [-0.39, 0.29) is 6.61 Å². The van der Waals surface area contributed by atoms with Crippen molar-refractivity contribution in [3.63, 3.8) is 0 Å². The van der Waals surface area contributed by atoms with Crippen LogP contribution in [0.3, 0.4) is 0 Å². The predicted octanol–water partition coefficient (Wildman–Crippen LogP) is 1.38. The average Bonchev–Trinajstić information content (AvgIpc) is 2.77. The first-order chi connectivity index (χ1) is 7.83. The van der Waals surface area contributed by atoms with Crippen molar-refractivity contribution >= 4 is 0 Å². The molecule has 90 valence electrons. The van der Waals surface area contributed by atoms with Gasteiger partial charge in [-0.3, -0.25) is 4.90 Å². The monoisotopic (exact) mass is 225 g/mol. The SMILES string of the molecule is CCC1COCCN1Cc1ccc(CO)o1. The van der Waals surface area contributed by atoms with Crippen LogP contribution in [0.2, 0.25) is 0 Å². The van der Waals surface area contributed by atoms with E-state index in [0.29, 0.717) is 11.8 Å². The lowest BCUT2D eigenvalue weighted by Gasteiger charge is -2.34. The van der Waals surface area contributed by atoms with E-state index in [0.717, 1.165) is 38.5 Å². The van der Waals surface area contributed by atoms with E-state index in [1.165, 1.54) is 0 Å². The summed E-state index contributed by atoms with van der Waals surface area (Å²) in [6, 6.07) is 4.25. The highest BCUT2D eigenvalue weighted by molar-refractivity contribution is 5.06. The van der Waals surface area contributed by atoms with Gasteiger partial charge in [0.2, 0.25) is 0 Å². The van der Waals surface area contributed by atoms with Crippen LogP contribution < -0.4 is 0 Å². The number of nitrogens with zero attached hydrogens (tertiary/aromatic N) is 1. The number of morpholine rings is 1. The van der Waals surface area contributed by atoms with Crippen molar-refractivity contribution in [1.82, 2.24) is 4.90 Å². The molecule has 1 unspecified atom stereocenters. The normalized spacial score (nSPS) is 22.5. The van der Waals surface area contributed by atoms with Crippen LogP contribution in [-0.2, 0) is 17.9 Å². The Morgan fingerprint density at radius 1 is 1.44 bits per heavy atom. The summed E-state index contributed by atoms with van der Waals surface area (Å²) in [6.45, 7) is 5.51. The summed E-state index contributed by atoms with van der Waals surface area (Å²) in [4.78, 5) is 2.38. The van der Waals surface area contributed by atoms with Gasteiger partial charge >= 0.3 is 0 Å². The molecule has 0 saturated carbocycles. The van der Waals surface area contributed by atoms with Gasteiger partial charge in [-0.2, -0.15) is 0 Å². The Balaban J connectivity index is 1.96. The molecule has 16 heavy (non-hydrogen) atoms. The maximum absolute atomic E-state index is 8.93. The molecular weight excluding hydrogens is 206 g/mol. The van der Waals surface area contributed by atoms with Crippen LogP contribution in [0, 0.1) is 0 Å². The minimum atomic E-state index is -0.0275. The Morgan fingerprint density at radius 3 is 2.94 bits per heavy atom. The average molecular weight is 225 g/mol. The first-order valence-corrected chi connectivity index (χ1v) is 5.83. The Kier molecular flexibility index (Phi) is 3.98. The summed E-state index contributed by atoms with van der Waals surface area (Å²) in [5.41, 5.74) is 0. The zero-order valence-corrected chi connectivity index (χ0v) is 9.69. The molecule has 1 aliphatic rings. The molecule has 0 aromatic carbocycles. The summed E-state index contributed by atoms with van der Waals surface area (Å²) in [5.74, 6) is 1.56. The smallest absolute Gasteiger partial charge is 0.129 e. The van der Waals surface area contributed by atoms with Crippen molar-refractivity contribution in [2.75, 3.05) is 19.8 Å². The van der Waals surface area contributed by atoms with Crippen molar-refractivity contribution < 1.29 is 14.3 Å². The lowest BCUT2D eigenvalue weighted by molar-refractivity contribution is -0.0156. The van der Waals surface area contributed by atoms with Gasteiger partial charge in [0.1, 0.15) is 18.1 Å². The van der Waals surface area contributed by atoms with Crippen LogP contribution in [0.25, 0.3) is 0 Å². The predicted molar refractivity (Wildman–Crippen MR) is 59.9 cm³/mol. The van der Waals surface area contributed by atoms with E-state index >= 15 is 0 Å². The zero-order chi connectivity index (χ0) is 11.4. The highest BCUT2D eigenvalue weighted by Crippen LogP contribution is 2.16. The van der Waals surface area contributed by atoms with Gasteiger partial charge < -0.3 is 14.3 Å². The summed E-state index contributed by atoms with van der Waals surface area (Å²) in [5, 5.41) is 8.93. The highest BCUT2D eigenvalue weighted by Gasteiger charge is 2.22. The van der Waals surface area contributed by atoms with E-state index in [4.69, 9.17) is 14.3 Å². The first-order valence-electron chi connectivity index (χ1n) is 5.83. The minimum Gasteiger partial charge on any atom is -0.462 e. The van der Waals surface area contributed by atoms with Gasteiger partial charge in [0.25, 0.3) is 0 Å². The molecule has 1 N–H and O–H groups in total. The van der Waals surface area contributed by atoms with Crippen LogP contribution in [-0.4, -0.2) is 35.8 Å². The Labute approximate surface area is 95.8 Å². The van der Waals surface area contributed by atoms with Crippen molar-refractivity contribution in [1.29, 1.82) is 0 Å². The molecule has 0 bridgehead atoms. The Hall–Kier alpha value is -0.840. The molecule has 1 aromatic rings. The van der Waals surface area contributed by atoms with Gasteiger partial charge in [-0.05, 0) is 18.6 Å². The summed E-state index contributed by atoms with van der Waals surface area (Å²) in [6.07, 6.45) is 1.09. The maximum Gasteiger partial charge on any atom is 0.129 e. The second kappa shape index (κ2) is 5.48. The fourth-order valence-corrected chi connectivity index (χ4v) is 2.07. The number of hydrogen-bond donors (Lipinski definition) is 1. The van der Waals surface area contributed by atoms with Crippen molar-refractivity contribution in [2.24, 2.45) is 0 Å². The molecule has 4 heteroatoms. The second-order valence-corrected chi connectivity index (χ2v) is 4.13. The first kappa shape index (κ1) is 11.6. The molecule has 1 atom stereocenters. The molecule has 2 rings (SSSR count). The van der Waals surface area contributed by atoms with Gasteiger partial charge in [-0.25, -0.2) is 0 Å². The van der Waals surface area contributed by atoms with E-state index in [1.807, 2.05) is 12.1 Å². The van der Waals surface area contributed by atoms with E-state index < -0.39 is 0 Å². The molecule has 0 amide bonds. The molecule has 1 saturated heterocycles. The van der Waals surface area contributed by atoms with Gasteiger partial charge in [-0.1, -0.05) is 6.92 Å². The number of rotatable bonds is 4. The van der Waals surface area contributed by atoms with Crippen molar-refractivity contribution in [3.05, 3.63) is 23.7 Å². The van der Waals surface area contributed by atoms with E-state index in [9.17, 15) is 0 Å². The van der Waals surface area contributed by atoms with Crippen LogP contribution in [0.15, 0.2) is 16.5 Å². The van der Waals surface area contributed by atoms with Gasteiger partial charge in [-0.15, -0.1) is 0 Å². The number of aliphatic hydroxyl groups excluding tert-OH is 1. The largest absolute Gasteiger partial charge is 0.462 e. The highest BCUT2D eigenvalue weighted by atomic mass is 16.5. The Morgan fingerprint density at radius 2 is 2.25 bits per heavy atom. The van der Waals surface area contributed by atoms with Gasteiger partial charge in [0.05, 0.1) is 19.8 Å². The van der Waals surface area contributed by atoms with Crippen LogP contribution in [0.5, 0.6) is 0 Å². The molecular formula is C12H19NO3. The molecule has 0 aliphatic carbocycles. The molecule has 2 heterocycles. The molecule has 0 spiro atoms. The standard InChI is InChI=1S/C12H19NO3/c1-2-10-9-15-6-5-13(10)7-11-3-4-12(8-14)16-11/h3-4,10,14H,2,5-9H2,1H3. The summed E-state index contributed by atoms with van der Waals surface area (Å²) in [7, 11) is 0. The third kappa shape index (κ3) is 2.64. The fraction of sp³-hybridized carbons (Fsp3) is 0.667. The quantitative estimate of drug-likeness (QED) is 0.841. The molecule has 4 nitrogen and oxygen atoms in total. The second-order valence-electron chi connectivity index (χ2n) is 4.13. The third-order valence-corrected chi connectivity index (χ3v) is 3.05. The van der Waals surface area contributed by atoms with Crippen LogP contribution in [0.4, 0.5) is 0 Å². The van der Waals surface area contributed by atoms with Gasteiger partial charge in [0, 0.05) is 12.6 Å². The summed E-state index contributed by atoms with van der Waals surface area (Å²) >= 11 is 0. The lowest BCUT2D eigenvalue weighted by Crippen LogP contribution is -2.44. The number of ether oxygens (including phenoxy) is 1. The number of aliphatic hydroxyl groups is 1. The fourth-order valence-electron chi connectivity index (χ4n) is 2.07. The minimum absolute atomic E-state index is 0.0275. The topological polar surface area (TPSA) is 45.8 Å². The van der Waals surface area contributed by atoms with Crippen molar-refractivity contribution in [3.8, 4) is 0 Å². The number of furan rings is 1. The van der Waals surface area contributed by atoms with Gasteiger partial charge in [0.15, 0.2) is 0 Å². The van der Waals surface area contributed by atoms with Crippen LogP contribution >= 0.6 is 0 Å². The van der Waals surface area contributed by atoms with Crippen LogP contribution in [0.1, 0.15) is 24.9 Å². The third-order valence-electron chi connectivity index (χ3n) is 3.05. The molecule has 0 radical (unpaired) electrons. The van der Waals surface area contributed by atoms with Crippen molar-refractivity contribution in [2.45, 2.75) is 32.5 Å². The van der Waals surface area contributed by atoms with E-state index in [1.54, 1.807) is 0 Å². The molecule has 1 aliphatic heterocycles. The molecule has 1 fully saturated rings. The lowest BCUT2D eigenvalue weighted by atomic mass is 10.1. The maximum atomic E-state index is 8.93.